The van der Waals surface area contributed by atoms with E-state index in [-0.39, 0.29) is 10.6 Å². The molecule has 0 spiro atoms. The molecule has 9 heteroatoms. The largest absolute Gasteiger partial charge is 0.497 e. The van der Waals surface area contributed by atoms with Crippen molar-refractivity contribution in [3.05, 3.63) is 139 Å². The summed E-state index contributed by atoms with van der Waals surface area (Å²) in [6.07, 6.45) is 3.45. The summed E-state index contributed by atoms with van der Waals surface area (Å²) in [5, 5.41) is 13.8. The third-order valence-corrected chi connectivity index (χ3v) is 8.12. The summed E-state index contributed by atoms with van der Waals surface area (Å²) in [5.41, 5.74) is 3.62. The summed E-state index contributed by atoms with van der Waals surface area (Å²) in [6.45, 7) is 4.71. The van der Waals surface area contributed by atoms with Crippen LogP contribution in [0, 0.1) is 28.9 Å². The number of thiophene rings is 1. The lowest BCUT2D eigenvalue weighted by Gasteiger charge is -2.14. The molecule has 4 aromatic carbocycles. The Bertz CT molecular complexity index is 2200. The minimum absolute atomic E-state index is 0.0509. The molecule has 0 unspecified atom stereocenters. The van der Waals surface area contributed by atoms with Gasteiger partial charge in [-0.05, 0) is 103 Å². The molecular weight excluding hydrogens is 598 g/mol. The van der Waals surface area contributed by atoms with Crippen molar-refractivity contribution < 1.29 is 14.4 Å². The Balaban J connectivity index is 0.000000985. The quantitative estimate of drug-likeness (QED) is 0.105. The van der Waals surface area contributed by atoms with Gasteiger partial charge in [0.25, 0.3) is 5.56 Å². The van der Waals surface area contributed by atoms with Gasteiger partial charge in [0, 0.05) is 35.8 Å². The fraction of sp³-hybridized carbons (Fsp3) is 0.135. The van der Waals surface area contributed by atoms with Crippen LogP contribution < -0.4 is 10.3 Å². The van der Waals surface area contributed by atoms with Crippen LogP contribution in [0.5, 0.6) is 5.75 Å². The van der Waals surface area contributed by atoms with Gasteiger partial charge >= 0.3 is 5.00 Å². The Morgan fingerprint density at radius 1 is 0.913 bits per heavy atom. The van der Waals surface area contributed by atoms with E-state index in [1.807, 2.05) is 80.6 Å². The van der Waals surface area contributed by atoms with Gasteiger partial charge in [-0.1, -0.05) is 47.4 Å². The lowest BCUT2D eigenvalue weighted by Crippen LogP contribution is -2.23. The predicted molar refractivity (Wildman–Crippen MR) is 186 cm³/mol. The Morgan fingerprint density at radius 3 is 2.30 bits per heavy atom. The number of para-hydroxylation sites is 1. The molecular formula is C37H31N3O5S. The third kappa shape index (κ3) is 7.21. The fourth-order valence-electron chi connectivity index (χ4n) is 4.74. The summed E-state index contributed by atoms with van der Waals surface area (Å²) in [7, 11) is 3.33. The third-order valence-electron chi connectivity index (χ3n) is 7.12. The molecule has 46 heavy (non-hydrogen) atoms. The number of hydrogen-bond donors (Lipinski definition) is 0. The van der Waals surface area contributed by atoms with Crippen LogP contribution in [0.3, 0.4) is 0 Å². The van der Waals surface area contributed by atoms with Gasteiger partial charge in [-0.2, -0.15) is 0 Å². The van der Waals surface area contributed by atoms with Crippen molar-refractivity contribution >= 4 is 50.2 Å². The normalized spacial score (nSPS) is 10.8. The topological polar surface area (TPSA) is 96.5 Å². The average Bonchev–Trinajstić information content (AvgIpc) is 3.56. The Hall–Kier alpha value is -5.56. The molecule has 0 N–H and O–H groups in total. The van der Waals surface area contributed by atoms with Crippen LogP contribution in [0.15, 0.2) is 95.8 Å². The average molecular weight is 630 g/mol. The Kier molecular flexibility index (Phi) is 10.0. The number of aryl methyl sites for hydroxylation is 1. The van der Waals surface area contributed by atoms with Gasteiger partial charge in [0.05, 0.1) is 28.6 Å². The molecule has 0 bridgehead atoms. The second kappa shape index (κ2) is 14.5. The van der Waals surface area contributed by atoms with Gasteiger partial charge in [0.1, 0.15) is 11.6 Å². The molecule has 0 amide bonds. The number of ether oxygens (including phenoxy) is 2. The number of benzene rings is 4. The van der Waals surface area contributed by atoms with Crippen molar-refractivity contribution in [2.24, 2.45) is 0 Å². The first-order chi connectivity index (χ1) is 22.3. The number of aromatic nitrogens is 2. The molecule has 6 rings (SSSR count). The van der Waals surface area contributed by atoms with E-state index in [9.17, 15) is 14.9 Å². The van der Waals surface area contributed by atoms with E-state index in [1.54, 1.807) is 49.1 Å². The van der Waals surface area contributed by atoms with Crippen molar-refractivity contribution in [3.8, 4) is 23.3 Å². The standard InChI is InChI=1S/C34H23N3O4S.C3H8O/c1-22-19-23(7-8-24-9-11-26-21-27(41-2)13-12-25(26)20-24)10-16-31(22)36-32(17-14-28-15-18-33(42-28)37(39)40)35-30-6-4-3-5-29(30)34(36)38;1-3-4-2/h3-6,9-21H,1-2H3;3H2,1-2H3/b17-14+;. The van der Waals surface area contributed by atoms with E-state index in [1.165, 1.54) is 6.07 Å². The highest BCUT2D eigenvalue weighted by molar-refractivity contribution is 7.16. The highest BCUT2D eigenvalue weighted by Gasteiger charge is 2.14. The van der Waals surface area contributed by atoms with Crippen LogP contribution in [0.4, 0.5) is 5.00 Å². The van der Waals surface area contributed by atoms with E-state index in [0.717, 1.165) is 51.2 Å². The maximum atomic E-state index is 13.7. The highest BCUT2D eigenvalue weighted by Crippen LogP contribution is 2.26. The Morgan fingerprint density at radius 2 is 1.61 bits per heavy atom. The minimum Gasteiger partial charge on any atom is -0.497 e. The zero-order valence-electron chi connectivity index (χ0n) is 25.8. The van der Waals surface area contributed by atoms with E-state index >= 15 is 0 Å². The molecule has 0 aliphatic carbocycles. The first-order valence-electron chi connectivity index (χ1n) is 14.4. The monoisotopic (exact) mass is 629 g/mol. The second-order valence-electron chi connectivity index (χ2n) is 10.2. The van der Waals surface area contributed by atoms with Crippen LogP contribution in [0.1, 0.15) is 34.3 Å². The molecule has 2 aromatic heterocycles. The lowest BCUT2D eigenvalue weighted by molar-refractivity contribution is -0.380. The van der Waals surface area contributed by atoms with E-state index in [2.05, 4.69) is 16.6 Å². The lowest BCUT2D eigenvalue weighted by atomic mass is 10.1. The number of nitro groups is 1. The molecule has 2 heterocycles. The number of hydrogen-bond acceptors (Lipinski definition) is 7. The maximum absolute atomic E-state index is 13.7. The van der Waals surface area contributed by atoms with Crippen LogP contribution >= 0.6 is 11.3 Å². The van der Waals surface area contributed by atoms with Gasteiger partial charge in [-0.15, -0.1) is 0 Å². The van der Waals surface area contributed by atoms with Crippen molar-refractivity contribution in [2.75, 3.05) is 20.8 Å². The van der Waals surface area contributed by atoms with E-state index in [4.69, 9.17) is 9.72 Å². The molecule has 230 valence electrons. The van der Waals surface area contributed by atoms with Crippen LogP contribution in [-0.2, 0) is 4.74 Å². The first-order valence-corrected chi connectivity index (χ1v) is 15.3. The minimum atomic E-state index is -0.419. The van der Waals surface area contributed by atoms with Gasteiger partial charge < -0.3 is 9.47 Å². The molecule has 0 saturated carbocycles. The van der Waals surface area contributed by atoms with Crippen LogP contribution in [0.2, 0.25) is 0 Å². The Labute approximate surface area is 270 Å². The SMILES string of the molecule is CCOC.COc1ccc2cc(C#Cc3ccc(-n4c(/C=C/c5ccc([N+](=O)[O-])s5)nc5ccccc5c4=O)c(C)c3)ccc2c1. The first kappa shape index (κ1) is 31.9. The van der Waals surface area contributed by atoms with E-state index in [0.29, 0.717) is 27.3 Å². The summed E-state index contributed by atoms with van der Waals surface area (Å²) in [4.78, 5) is 29.8. The molecule has 0 fully saturated rings. The van der Waals surface area contributed by atoms with Gasteiger partial charge in [0.2, 0.25) is 0 Å². The van der Waals surface area contributed by atoms with Crippen LogP contribution in [0.25, 0.3) is 39.5 Å². The smallest absolute Gasteiger partial charge is 0.324 e. The number of methoxy groups -OCH3 is 2. The summed E-state index contributed by atoms with van der Waals surface area (Å²) < 4.78 is 11.4. The van der Waals surface area contributed by atoms with Crippen LogP contribution in [-0.4, -0.2) is 35.3 Å². The predicted octanol–water partition coefficient (Wildman–Crippen LogP) is 8.05. The maximum Gasteiger partial charge on any atom is 0.324 e. The molecule has 0 aliphatic rings. The summed E-state index contributed by atoms with van der Waals surface area (Å²) in [5.74, 6) is 7.72. The van der Waals surface area contributed by atoms with Crippen molar-refractivity contribution in [1.29, 1.82) is 0 Å². The van der Waals surface area contributed by atoms with Crippen molar-refractivity contribution in [3.63, 3.8) is 0 Å². The molecule has 0 radical (unpaired) electrons. The molecule has 0 atom stereocenters. The van der Waals surface area contributed by atoms with Gasteiger partial charge in [0.15, 0.2) is 0 Å². The molecule has 0 saturated heterocycles. The molecule has 6 aromatic rings. The number of fused-ring (bicyclic) bond motifs is 2. The summed E-state index contributed by atoms with van der Waals surface area (Å²) >= 11 is 1.06. The molecule has 8 nitrogen and oxygen atoms in total. The highest BCUT2D eigenvalue weighted by atomic mass is 32.1. The molecule has 0 aliphatic heterocycles. The second-order valence-corrected chi connectivity index (χ2v) is 11.2. The summed E-state index contributed by atoms with van der Waals surface area (Å²) in [6, 6.07) is 28.0. The number of nitrogens with zero attached hydrogens (tertiary/aromatic N) is 3. The fourth-order valence-corrected chi connectivity index (χ4v) is 5.46. The van der Waals surface area contributed by atoms with E-state index < -0.39 is 4.92 Å². The zero-order chi connectivity index (χ0) is 32.6. The zero-order valence-corrected chi connectivity index (χ0v) is 26.6. The van der Waals surface area contributed by atoms with Gasteiger partial charge in [-0.25, -0.2) is 4.98 Å². The number of rotatable bonds is 6. The van der Waals surface area contributed by atoms with Crippen molar-refractivity contribution in [1.82, 2.24) is 9.55 Å². The van der Waals surface area contributed by atoms with Gasteiger partial charge in [-0.3, -0.25) is 19.5 Å². The van der Waals surface area contributed by atoms with Crippen molar-refractivity contribution in [2.45, 2.75) is 13.8 Å².